The van der Waals surface area contributed by atoms with E-state index in [2.05, 4.69) is 6.07 Å². The Balaban J connectivity index is 2.42. The summed E-state index contributed by atoms with van der Waals surface area (Å²) in [5.74, 6) is 0. The summed E-state index contributed by atoms with van der Waals surface area (Å²) >= 11 is 0. The van der Waals surface area contributed by atoms with Crippen molar-refractivity contribution in [2.24, 2.45) is 0 Å². The van der Waals surface area contributed by atoms with Gasteiger partial charge in [0.25, 0.3) is 5.56 Å². The monoisotopic (exact) mass is 264 g/mol. The van der Waals surface area contributed by atoms with E-state index in [0.717, 1.165) is 22.0 Å². The Morgan fingerprint density at radius 3 is 2.25 bits per heavy atom. The second kappa shape index (κ2) is 4.85. The Labute approximate surface area is 117 Å². The van der Waals surface area contributed by atoms with E-state index in [1.807, 2.05) is 73.7 Å². The fraction of sp³-hybridized carbons (Fsp3) is 0.118. The van der Waals surface area contributed by atoms with Gasteiger partial charge in [0.05, 0.1) is 5.69 Å². The number of pyridine rings is 1. The van der Waals surface area contributed by atoms with Gasteiger partial charge < -0.3 is 5.01 Å². The summed E-state index contributed by atoms with van der Waals surface area (Å²) < 4.78 is 1.71. The average molecular weight is 264 g/mol. The highest BCUT2D eigenvalue weighted by atomic mass is 16.1. The lowest BCUT2D eigenvalue weighted by atomic mass is 10.1. The van der Waals surface area contributed by atoms with Crippen LogP contribution in [0.25, 0.3) is 22.0 Å². The molecule has 1 heterocycles. The molecule has 0 saturated heterocycles. The van der Waals surface area contributed by atoms with Crippen LogP contribution in [0.5, 0.6) is 0 Å². The number of rotatable bonds is 2. The smallest absolute Gasteiger partial charge is 0.277 e. The molecule has 0 aliphatic heterocycles. The molecule has 0 fully saturated rings. The number of benzene rings is 2. The molecule has 0 radical (unpaired) electrons. The van der Waals surface area contributed by atoms with Crippen molar-refractivity contribution in [3.63, 3.8) is 0 Å². The maximum absolute atomic E-state index is 12.7. The van der Waals surface area contributed by atoms with Gasteiger partial charge in [-0.05, 0) is 17.5 Å². The van der Waals surface area contributed by atoms with Gasteiger partial charge in [-0.1, -0.05) is 48.5 Å². The topological polar surface area (TPSA) is 25.2 Å². The van der Waals surface area contributed by atoms with Crippen molar-refractivity contribution in [1.29, 1.82) is 0 Å². The number of fused-ring (bicyclic) bond motifs is 1. The molecule has 3 rings (SSSR count). The first-order chi connectivity index (χ1) is 9.68. The molecule has 3 nitrogen and oxygen atoms in total. The predicted octanol–water partition coefficient (Wildman–Crippen LogP) is 2.87. The van der Waals surface area contributed by atoms with E-state index in [1.54, 1.807) is 4.68 Å². The fourth-order valence-corrected chi connectivity index (χ4v) is 2.46. The van der Waals surface area contributed by atoms with Crippen molar-refractivity contribution in [2.75, 3.05) is 19.1 Å². The van der Waals surface area contributed by atoms with E-state index in [4.69, 9.17) is 0 Å². The summed E-state index contributed by atoms with van der Waals surface area (Å²) in [6.07, 6.45) is 0. The van der Waals surface area contributed by atoms with Crippen LogP contribution in [0.15, 0.2) is 65.5 Å². The van der Waals surface area contributed by atoms with Crippen LogP contribution in [0.3, 0.4) is 0 Å². The van der Waals surface area contributed by atoms with Crippen molar-refractivity contribution in [2.45, 2.75) is 0 Å². The number of hydrogen-bond donors (Lipinski definition) is 0. The molecule has 3 aromatic rings. The fourth-order valence-electron chi connectivity index (χ4n) is 2.46. The zero-order chi connectivity index (χ0) is 14.1. The number of nitrogens with zero attached hydrogens (tertiary/aromatic N) is 2. The molecule has 0 aliphatic carbocycles. The molecule has 20 heavy (non-hydrogen) atoms. The van der Waals surface area contributed by atoms with E-state index in [-0.39, 0.29) is 5.56 Å². The summed E-state index contributed by atoms with van der Waals surface area (Å²) in [5, 5.41) is 3.52. The molecule has 3 heteroatoms. The Bertz CT molecular complexity index is 804. The number of aromatic nitrogens is 1. The first-order valence-corrected chi connectivity index (χ1v) is 6.56. The molecule has 2 aromatic carbocycles. The minimum absolute atomic E-state index is 0.00644. The van der Waals surface area contributed by atoms with E-state index in [0.29, 0.717) is 0 Å². The zero-order valence-corrected chi connectivity index (χ0v) is 11.6. The highest BCUT2D eigenvalue weighted by Crippen LogP contribution is 2.21. The van der Waals surface area contributed by atoms with E-state index in [9.17, 15) is 4.79 Å². The summed E-state index contributed by atoms with van der Waals surface area (Å²) in [7, 11) is 3.76. The molecule has 0 aliphatic rings. The van der Waals surface area contributed by atoms with Crippen LogP contribution in [-0.2, 0) is 0 Å². The molecule has 1 aromatic heterocycles. The minimum Gasteiger partial charge on any atom is -0.316 e. The summed E-state index contributed by atoms with van der Waals surface area (Å²) in [6.45, 7) is 0. The Morgan fingerprint density at radius 2 is 1.55 bits per heavy atom. The van der Waals surface area contributed by atoms with Crippen molar-refractivity contribution < 1.29 is 0 Å². The van der Waals surface area contributed by atoms with Crippen LogP contribution in [-0.4, -0.2) is 18.8 Å². The highest BCUT2D eigenvalue weighted by molar-refractivity contribution is 5.85. The van der Waals surface area contributed by atoms with Crippen LogP contribution in [0, 0.1) is 0 Å². The average Bonchev–Trinajstić information content (AvgIpc) is 2.47. The Kier molecular flexibility index (Phi) is 3.03. The second-order valence-corrected chi connectivity index (χ2v) is 4.95. The molecule has 100 valence electrons. The highest BCUT2D eigenvalue weighted by Gasteiger charge is 2.11. The van der Waals surface area contributed by atoms with Gasteiger partial charge in [0.1, 0.15) is 0 Å². The van der Waals surface area contributed by atoms with Crippen LogP contribution in [0.2, 0.25) is 0 Å². The summed E-state index contributed by atoms with van der Waals surface area (Å²) in [6, 6.07) is 19.7. The van der Waals surface area contributed by atoms with Gasteiger partial charge in [-0.25, -0.2) is 4.68 Å². The lowest BCUT2D eigenvalue weighted by Gasteiger charge is -2.21. The molecule has 0 bridgehead atoms. The first-order valence-electron chi connectivity index (χ1n) is 6.56. The van der Waals surface area contributed by atoms with Crippen LogP contribution in [0.1, 0.15) is 0 Å². The molecular weight excluding hydrogens is 248 g/mol. The quantitative estimate of drug-likeness (QED) is 0.711. The minimum atomic E-state index is 0.00644. The number of hydrogen-bond acceptors (Lipinski definition) is 2. The third-order valence-electron chi connectivity index (χ3n) is 3.37. The normalized spacial score (nSPS) is 10.7. The van der Waals surface area contributed by atoms with Gasteiger partial charge in [-0.15, -0.1) is 0 Å². The Hall–Kier alpha value is -2.55. The van der Waals surface area contributed by atoms with Crippen LogP contribution < -0.4 is 10.6 Å². The molecule has 0 spiro atoms. The molecule has 0 amide bonds. The lowest BCUT2D eigenvalue weighted by molar-refractivity contribution is 0.714. The zero-order valence-electron chi connectivity index (χ0n) is 11.6. The van der Waals surface area contributed by atoms with Gasteiger partial charge in [0, 0.05) is 25.0 Å². The van der Waals surface area contributed by atoms with Crippen molar-refractivity contribution in [1.82, 2.24) is 4.68 Å². The second-order valence-electron chi connectivity index (χ2n) is 4.95. The Morgan fingerprint density at radius 1 is 0.900 bits per heavy atom. The van der Waals surface area contributed by atoms with E-state index in [1.165, 1.54) is 0 Å². The van der Waals surface area contributed by atoms with Crippen LogP contribution in [0.4, 0.5) is 0 Å². The molecular formula is C17H16N2O. The van der Waals surface area contributed by atoms with Gasteiger partial charge in [0.15, 0.2) is 0 Å². The predicted molar refractivity (Wildman–Crippen MR) is 83.7 cm³/mol. The standard InChI is InChI=1S/C17H16N2O/c1-18(2)19-16(13-8-4-3-5-9-13)12-14-10-6-7-11-15(14)17(19)20/h3-12H,1-2H3. The molecule has 0 unspecified atom stereocenters. The lowest BCUT2D eigenvalue weighted by Crippen LogP contribution is -2.37. The maximum atomic E-state index is 12.7. The van der Waals surface area contributed by atoms with E-state index >= 15 is 0 Å². The van der Waals surface area contributed by atoms with Gasteiger partial charge in [-0.2, -0.15) is 0 Å². The maximum Gasteiger partial charge on any atom is 0.277 e. The van der Waals surface area contributed by atoms with Crippen molar-refractivity contribution in [3.05, 3.63) is 71.0 Å². The SMILES string of the molecule is CN(C)n1c(-c2ccccc2)cc2ccccc2c1=O. The van der Waals surface area contributed by atoms with Gasteiger partial charge in [-0.3, -0.25) is 4.79 Å². The summed E-state index contributed by atoms with van der Waals surface area (Å²) in [5.41, 5.74) is 1.94. The largest absolute Gasteiger partial charge is 0.316 e. The third-order valence-corrected chi connectivity index (χ3v) is 3.37. The van der Waals surface area contributed by atoms with E-state index < -0.39 is 0 Å². The third kappa shape index (κ3) is 1.97. The van der Waals surface area contributed by atoms with Gasteiger partial charge >= 0.3 is 0 Å². The molecule has 0 saturated carbocycles. The van der Waals surface area contributed by atoms with Crippen molar-refractivity contribution >= 4 is 10.8 Å². The first kappa shape index (κ1) is 12.5. The van der Waals surface area contributed by atoms with Gasteiger partial charge in [0.2, 0.25) is 0 Å². The summed E-state index contributed by atoms with van der Waals surface area (Å²) in [4.78, 5) is 12.7. The van der Waals surface area contributed by atoms with Crippen molar-refractivity contribution in [3.8, 4) is 11.3 Å². The van der Waals surface area contributed by atoms with Crippen LogP contribution >= 0.6 is 0 Å². The molecule has 0 N–H and O–H groups in total. The molecule has 0 atom stereocenters.